The highest BCUT2D eigenvalue weighted by Crippen LogP contribution is 2.46. The molecule has 320 valence electrons. The summed E-state index contributed by atoms with van der Waals surface area (Å²) in [4.78, 5) is 16.1. The molecule has 0 saturated carbocycles. The molecule has 0 bridgehead atoms. The fraction of sp³-hybridized carbons (Fsp3) is 0. The van der Waals surface area contributed by atoms with E-state index in [0.717, 1.165) is 110 Å². The summed E-state index contributed by atoms with van der Waals surface area (Å²) in [5.41, 5.74) is 10.9. The minimum atomic E-state index is 0.519. The monoisotopic (exact) mass is 880 g/mol. The third-order valence-electron chi connectivity index (χ3n) is 14.0. The number of para-hydroxylation sites is 1. The summed E-state index contributed by atoms with van der Waals surface area (Å²) in [5, 5.41) is 13.5. The number of nitrogens with zero attached hydrogens (tertiary/aromatic N) is 4. The van der Waals surface area contributed by atoms with Crippen molar-refractivity contribution in [2.45, 2.75) is 0 Å². The number of hydrogen-bond donors (Lipinski definition) is 0. The van der Waals surface area contributed by atoms with E-state index in [9.17, 15) is 0 Å². The molecular weight excluding hydrogens is 845 g/mol. The summed E-state index contributed by atoms with van der Waals surface area (Å²) in [7, 11) is 0. The topological polar surface area (TPSA) is 69.9 Å². The van der Waals surface area contributed by atoms with Gasteiger partial charge in [0.15, 0.2) is 23.1 Å². The number of aromatic nitrogens is 4. The second kappa shape index (κ2) is 14.6. The molecule has 15 rings (SSSR count). The van der Waals surface area contributed by atoms with Gasteiger partial charge in [-0.2, -0.15) is 0 Å². The van der Waals surface area contributed by atoms with Crippen molar-refractivity contribution in [1.82, 2.24) is 19.5 Å². The smallest absolute Gasteiger partial charge is 0.166 e. The predicted molar refractivity (Wildman–Crippen MR) is 283 cm³/mol. The summed E-state index contributed by atoms with van der Waals surface area (Å²) < 4.78 is 16.0. The van der Waals surface area contributed by atoms with Gasteiger partial charge in [-0.1, -0.05) is 164 Å². The van der Waals surface area contributed by atoms with E-state index in [2.05, 4.69) is 193 Å². The fourth-order valence-corrected chi connectivity index (χ4v) is 10.8. The van der Waals surface area contributed by atoms with Crippen molar-refractivity contribution in [1.29, 1.82) is 0 Å². The van der Waals surface area contributed by atoms with E-state index in [0.29, 0.717) is 17.5 Å². The van der Waals surface area contributed by atoms with Crippen molar-refractivity contribution in [3.05, 3.63) is 218 Å². The van der Waals surface area contributed by atoms with Crippen LogP contribution in [-0.4, -0.2) is 19.5 Å². The van der Waals surface area contributed by atoms with Crippen LogP contribution >= 0.6 is 0 Å². The third kappa shape index (κ3) is 5.76. The molecule has 0 spiro atoms. The van der Waals surface area contributed by atoms with E-state index in [-0.39, 0.29) is 0 Å². The first kappa shape index (κ1) is 37.8. The van der Waals surface area contributed by atoms with Gasteiger partial charge in [0.25, 0.3) is 0 Å². The largest absolute Gasteiger partial charge is 0.456 e. The van der Waals surface area contributed by atoms with Gasteiger partial charge in [-0.25, -0.2) is 15.0 Å². The zero-order valence-corrected chi connectivity index (χ0v) is 36.9. The van der Waals surface area contributed by atoms with Crippen molar-refractivity contribution in [2.24, 2.45) is 0 Å². The van der Waals surface area contributed by atoms with E-state index in [1.54, 1.807) is 0 Å². The second-order valence-corrected chi connectivity index (χ2v) is 17.9. The summed E-state index contributed by atoms with van der Waals surface area (Å²) in [6.07, 6.45) is 0. The molecule has 0 saturated heterocycles. The number of hydrogen-bond acceptors (Lipinski definition) is 5. The van der Waals surface area contributed by atoms with Crippen molar-refractivity contribution in [2.75, 3.05) is 0 Å². The Morgan fingerprint density at radius 2 is 0.884 bits per heavy atom. The first-order valence-electron chi connectivity index (χ1n) is 23.2. The average molecular weight is 881 g/mol. The summed E-state index contributed by atoms with van der Waals surface area (Å²) in [6, 6.07) is 76.8. The van der Waals surface area contributed by atoms with Crippen LogP contribution in [0.5, 0.6) is 0 Å². The Morgan fingerprint density at radius 3 is 1.68 bits per heavy atom. The highest BCUT2D eigenvalue weighted by molar-refractivity contribution is 6.25. The Hall–Kier alpha value is -9.39. The zero-order chi connectivity index (χ0) is 45.2. The van der Waals surface area contributed by atoms with Gasteiger partial charge in [0.1, 0.15) is 22.4 Å². The van der Waals surface area contributed by atoms with Gasteiger partial charge in [0, 0.05) is 49.0 Å². The average Bonchev–Trinajstić information content (AvgIpc) is 4.09. The van der Waals surface area contributed by atoms with E-state index in [1.165, 1.54) is 21.5 Å². The first-order chi connectivity index (χ1) is 34.2. The van der Waals surface area contributed by atoms with Gasteiger partial charge in [0.2, 0.25) is 0 Å². The lowest BCUT2D eigenvalue weighted by molar-refractivity contribution is 0.666. The van der Waals surface area contributed by atoms with Crippen LogP contribution < -0.4 is 0 Å². The van der Waals surface area contributed by atoms with Crippen LogP contribution in [0.1, 0.15) is 0 Å². The Labute approximate surface area is 394 Å². The minimum absolute atomic E-state index is 0.519. The van der Waals surface area contributed by atoms with Crippen LogP contribution in [0.3, 0.4) is 0 Å². The molecule has 0 atom stereocenters. The van der Waals surface area contributed by atoms with E-state index in [4.69, 9.17) is 23.8 Å². The number of benzene rings is 11. The van der Waals surface area contributed by atoms with Gasteiger partial charge >= 0.3 is 0 Å². The molecule has 11 aromatic carbocycles. The molecule has 0 aliphatic heterocycles. The molecule has 69 heavy (non-hydrogen) atoms. The van der Waals surface area contributed by atoms with Gasteiger partial charge in [0.05, 0.1) is 11.0 Å². The molecule has 6 heteroatoms. The molecule has 15 aromatic rings. The predicted octanol–water partition coefficient (Wildman–Crippen LogP) is 16.9. The van der Waals surface area contributed by atoms with Crippen LogP contribution in [0.15, 0.2) is 227 Å². The van der Waals surface area contributed by atoms with Crippen LogP contribution in [-0.2, 0) is 0 Å². The normalized spacial score (nSPS) is 12.1. The molecule has 0 amide bonds. The maximum atomic E-state index is 7.21. The molecule has 0 radical (unpaired) electrons. The SMILES string of the molecule is c1ccc(-c2ccc(-c3nc(-c4ccc5c(c4)oc4ccccc45)nc(-c4ccc5c(oc6ccc7ccccc7c65)c4-n4c5cc6ccccc6cc5c5c6ccccc6ccc54)n3)cc2)cc1. The maximum absolute atomic E-state index is 7.21. The second-order valence-electron chi connectivity index (χ2n) is 17.9. The standard InChI is InChI=1S/C63H36N4O2/c1-2-12-37(13-3-1)38-22-24-41(25-23-38)61-64-62(44-26-29-48-47-20-10-11-21-54(47)68-56(48)36-44)66-63(65-61)50-31-30-49-58-46-19-9-7-15-40(46)28-33-55(58)69-60(49)59(50)67-52-32-27-39-14-6-8-18-45(39)57(52)51-34-42-16-4-5-17-43(42)35-53(51)67/h1-36H. The van der Waals surface area contributed by atoms with Crippen molar-refractivity contribution >= 4 is 98.0 Å². The molecule has 0 fully saturated rings. The molecular formula is C63H36N4O2. The number of rotatable bonds is 5. The number of fused-ring (bicyclic) bond motifs is 14. The first-order valence-corrected chi connectivity index (χ1v) is 23.2. The zero-order valence-electron chi connectivity index (χ0n) is 36.9. The lowest BCUT2D eigenvalue weighted by atomic mass is 10.0. The molecule has 6 nitrogen and oxygen atoms in total. The summed E-state index contributed by atoms with van der Waals surface area (Å²) in [6.45, 7) is 0. The molecule has 0 unspecified atom stereocenters. The van der Waals surface area contributed by atoms with Gasteiger partial charge in [-0.3, -0.25) is 0 Å². The quantitative estimate of drug-likeness (QED) is 0.172. The van der Waals surface area contributed by atoms with Crippen LogP contribution in [0.4, 0.5) is 0 Å². The molecule has 0 N–H and O–H groups in total. The Bertz CT molecular complexity index is 4600. The summed E-state index contributed by atoms with van der Waals surface area (Å²) in [5.74, 6) is 1.61. The van der Waals surface area contributed by atoms with Crippen LogP contribution in [0, 0.1) is 0 Å². The maximum Gasteiger partial charge on any atom is 0.166 e. The highest BCUT2D eigenvalue weighted by Gasteiger charge is 2.26. The summed E-state index contributed by atoms with van der Waals surface area (Å²) >= 11 is 0. The van der Waals surface area contributed by atoms with E-state index >= 15 is 0 Å². The number of furan rings is 2. The lowest BCUT2D eigenvalue weighted by Gasteiger charge is -2.16. The van der Waals surface area contributed by atoms with E-state index in [1.807, 2.05) is 30.3 Å². The Morgan fingerprint density at radius 1 is 0.304 bits per heavy atom. The Balaban J connectivity index is 1.06. The molecule has 0 aliphatic rings. The minimum Gasteiger partial charge on any atom is -0.456 e. The van der Waals surface area contributed by atoms with Gasteiger partial charge in [-0.15, -0.1) is 0 Å². The highest BCUT2D eigenvalue weighted by atomic mass is 16.3. The van der Waals surface area contributed by atoms with E-state index < -0.39 is 0 Å². The van der Waals surface area contributed by atoms with Crippen molar-refractivity contribution in [3.63, 3.8) is 0 Å². The fourth-order valence-electron chi connectivity index (χ4n) is 10.8. The van der Waals surface area contributed by atoms with Crippen LogP contribution in [0.2, 0.25) is 0 Å². The molecule has 4 aromatic heterocycles. The van der Waals surface area contributed by atoms with Crippen LogP contribution in [0.25, 0.3) is 149 Å². The van der Waals surface area contributed by atoms with Gasteiger partial charge < -0.3 is 13.4 Å². The molecule has 4 heterocycles. The van der Waals surface area contributed by atoms with Gasteiger partial charge in [-0.05, 0) is 98.0 Å². The lowest BCUT2D eigenvalue weighted by Crippen LogP contribution is -2.04. The van der Waals surface area contributed by atoms with Crippen molar-refractivity contribution in [3.8, 4) is 51.0 Å². The third-order valence-corrected chi connectivity index (χ3v) is 14.0. The Kier molecular flexibility index (Phi) is 7.97. The van der Waals surface area contributed by atoms with Crippen molar-refractivity contribution < 1.29 is 8.83 Å². The molecule has 0 aliphatic carbocycles.